The van der Waals surface area contributed by atoms with Crippen LogP contribution >= 0.6 is 0 Å². The van der Waals surface area contributed by atoms with Gasteiger partial charge in [-0.15, -0.1) is 0 Å². The summed E-state index contributed by atoms with van der Waals surface area (Å²) in [5.74, 6) is 0.214. The fraction of sp³-hybridized carbons (Fsp3) is 0.417. The van der Waals surface area contributed by atoms with Gasteiger partial charge in [-0.3, -0.25) is 4.79 Å². The fourth-order valence-electron chi connectivity index (χ4n) is 1.37. The lowest BCUT2D eigenvalue weighted by molar-refractivity contribution is -0.118. The molecule has 0 saturated heterocycles. The van der Waals surface area contributed by atoms with Gasteiger partial charge in [-0.1, -0.05) is 25.1 Å². The average molecular weight is 223 g/mol. The molecule has 0 aliphatic heterocycles. The van der Waals surface area contributed by atoms with Crippen molar-refractivity contribution in [1.82, 2.24) is 0 Å². The number of nitrogens with two attached hydrogens (primary N) is 1. The van der Waals surface area contributed by atoms with Crippen molar-refractivity contribution >= 4 is 5.91 Å². The Bertz CT molecular complexity index is 352. The minimum atomic E-state index is -0.537. The molecule has 0 fully saturated rings. The first kappa shape index (κ1) is 12.5. The maximum absolute atomic E-state index is 10.6. The normalized spacial score (nSPS) is 12.1. The topological polar surface area (TPSA) is 72.6 Å². The van der Waals surface area contributed by atoms with Crippen molar-refractivity contribution in [2.24, 2.45) is 5.73 Å². The molecule has 4 heteroatoms. The van der Waals surface area contributed by atoms with E-state index in [-0.39, 0.29) is 13.0 Å². The van der Waals surface area contributed by atoms with E-state index in [0.717, 1.165) is 5.56 Å². The van der Waals surface area contributed by atoms with Crippen LogP contribution in [0, 0.1) is 0 Å². The van der Waals surface area contributed by atoms with Gasteiger partial charge in [-0.05, 0) is 12.5 Å². The Morgan fingerprint density at radius 3 is 2.81 bits per heavy atom. The molecule has 0 heterocycles. The van der Waals surface area contributed by atoms with Crippen molar-refractivity contribution < 1.29 is 14.6 Å². The van der Waals surface area contributed by atoms with Crippen molar-refractivity contribution in [3.8, 4) is 5.75 Å². The van der Waals surface area contributed by atoms with E-state index in [1.807, 2.05) is 25.1 Å². The smallest absolute Gasteiger partial charge is 0.220 e. The molecule has 0 bridgehead atoms. The number of ether oxygens (including phenoxy) is 1. The number of aliphatic hydroxyl groups excluding tert-OH is 1. The van der Waals surface area contributed by atoms with Crippen LogP contribution in [0.15, 0.2) is 24.3 Å². The third-order valence-electron chi connectivity index (χ3n) is 2.27. The molecule has 0 aliphatic carbocycles. The zero-order valence-electron chi connectivity index (χ0n) is 9.35. The number of aliphatic hydroxyl groups is 1. The SMILES string of the molecule is CC[C@@H](O)c1ccccc1OCCC(N)=O. The summed E-state index contributed by atoms with van der Waals surface area (Å²) >= 11 is 0. The van der Waals surface area contributed by atoms with Crippen molar-refractivity contribution in [3.63, 3.8) is 0 Å². The molecule has 4 nitrogen and oxygen atoms in total. The molecule has 1 rings (SSSR count). The highest BCUT2D eigenvalue weighted by Gasteiger charge is 2.10. The molecule has 88 valence electrons. The van der Waals surface area contributed by atoms with Gasteiger partial charge in [0.05, 0.1) is 19.1 Å². The molecule has 1 aromatic rings. The van der Waals surface area contributed by atoms with Gasteiger partial charge >= 0.3 is 0 Å². The first-order valence-corrected chi connectivity index (χ1v) is 5.33. The van der Waals surface area contributed by atoms with E-state index < -0.39 is 12.0 Å². The van der Waals surface area contributed by atoms with Gasteiger partial charge in [0.2, 0.25) is 5.91 Å². The maximum Gasteiger partial charge on any atom is 0.220 e. The second-order valence-electron chi connectivity index (χ2n) is 3.53. The van der Waals surface area contributed by atoms with Gasteiger partial charge < -0.3 is 15.6 Å². The monoisotopic (exact) mass is 223 g/mol. The van der Waals surface area contributed by atoms with Crippen LogP contribution in [0.1, 0.15) is 31.4 Å². The predicted molar refractivity (Wildman–Crippen MR) is 61.0 cm³/mol. The van der Waals surface area contributed by atoms with Crippen molar-refractivity contribution in [3.05, 3.63) is 29.8 Å². The van der Waals surface area contributed by atoms with E-state index in [1.165, 1.54) is 0 Å². The molecule has 3 N–H and O–H groups in total. The lowest BCUT2D eigenvalue weighted by Gasteiger charge is -2.14. The highest BCUT2D eigenvalue weighted by atomic mass is 16.5. The first-order valence-electron chi connectivity index (χ1n) is 5.33. The Labute approximate surface area is 95.0 Å². The molecule has 1 atom stereocenters. The maximum atomic E-state index is 10.6. The molecule has 16 heavy (non-hydrogen) atoms. The molecular formula is C12H17NO3. The first-order chi connectivity index (χ1) is 7.65. The second-order valence-corrected chi connectivity index (χ2v) is 3.53. The quantitative estimate of drug-likeness (QED) is 0.765. The highest BCUT2D eigenvalue weighted by molar-refractivity contribution is 5.73. The zero-order valence-corrected chi connectivity index (χ0v) is 9.35. The number of carbonyl (C=O) groups is 1. The van der Waals surface area contributed by atoms with Crippen LogP contribution in [0.3, 0.4) is 0 Å². The highest BCUT2D eigenvalue weighted by Crippen LogP contribution is 2.26. The largest absolute Gasteiger partial charge is 0.493 e. The number of primary amides is 1. The van der Waals surface area contributed by atoms with Crippen molar-refractivity contribution in [2.75, 3.05) is 6.61 Å². The van der Waals surface area contributed by atoms with Crippen LogP contribution in [-0.2, 0) is 4.79 Å². The van der Waals surface area contributed by atoms with Crippen LogP contribution in [0.4, 0.5) is 0 Å². The number of rotatable bonds is 6. The summed E-state index contributed by atoms with van der Waals surface area (Å²) in [4.78, 5) is 10.6. The third kappa shape index (κ3) is 3.55. The van der Waals surface area contributed by atoms with Crippen LogP contribution < -0.4 is 10.5 Å². The van der Waals surface area contributed by atoms with E-state index in [1.54, 1.807) is 6.07 Å². The van der Waals surface area contributed by atoms with E-state index in [0.29, 0.717) is 12.2 Å². The van der Waals surface area contributed by atoms with Gasteiger partial charge in [-0.2, -0.15) is 0 Å². The molecule has 0 saturated carbocycles. The average Bonchev–Trinajstić information content (AvgIpc) is 2.28. The number of carbonyl (C=O) groups excluding carboxylic acids is 1. The van der Waals surface area contributed by atoms with E-state index in [9.17, 15) is 9.90 Å². The summed E-state index contributed by atoms with van der Waals surface area (Å²) in [6.45, 7) is 2.13. The Morgan fingerprint density at radius 2 is 2.19 bits per heavy atom. The zero-order chi connectivity index (χ0) is 12.0. The van der Waals surface area contributed by atoms with Crippen molar-refractivity contribution in [2.45, 2.75) is 25.9 Å². The molecule has 0 radical (unpaired) electrons. The summed E-state index contributed by atoms with van der Waals surface area (Å²) in [6, 6.07) is 7.25. The van der Waals surface area contributed by atoms with Gasteiger partial charge in [0, 0.05) is 5.56 Å². The van der Waals surface area contributed by atoms with Crippen LogP contribution in [0.25, 0.3) is 0 Å². The minimum absolute atomic E-state index is 0.177. The molecule has 1 aromatic carbocycles. The summed E-state index contributed by atoms with van der Waals surface area (Å²) in [7, 11) is 0. The summed E-state index contributed by atoms with van der Waals surface area (Å²) in [5.41, 5.74) is 5.76. The van der Waals surface area contributed by atoms with Gasteiger partial charge in [0.15, 0.2) is 0 Å². The van der Waals surface area contributed by atoms with Crippen LogP contribution in [0.5, 0.6) is 5.75 Å². The van der Waals surface area contributed by atoms with Gasteiger partial charge in [0.1, 0.15) is 5.75 Å². The molecule has 1 amide bonds. The lowest BCUT2D eigenvalue weighted by atomic mass is 10.1. The molecule has 0 aliphatic rings. The Kier molecular flexibility index (Phi) is 4.79. The van der Waals surface area contributed by atoms with E-state index >= 15 is 0 Å². The summed E-state index contributed by atoms with van der Waals surface area (Å²) in [6.07, 6.45) is 0.261. The number of hydrogen-bond acceptors (Lipinski definition) is 3. The van der Waals surface area contributed by atoms with E-state index in [4.69, 9.17) is 10.5 Å². The molecule has 0 aromatic heterocycles. The molecule has 0 spiro atoms. The number of amides is 1. The Balaban J connectivity index is 2.67. The lowest BCUT2D eigenvalue weighted by Crippen LogP contribution is -2.15. The fourth-order valence-corrected chi connectivity index (χ4v) is 1.37. The van der Waals surface area contributed by atoms with Gasteiger partial charge in [0.25, 0.3) is 0 Å². The van der Waals surface area contributed by atoms with Gasteiger partial charge in [-0.25, -0.2) is 0 Å². The number of hydrogen-bond donors (Lipinski definition) is 2. The standard InChI is InChI=1S/C12H17NO3/c1-2-10(14)9-5-3-4-6-11(9)16-8-7-12(13)15/h3-6,10,14H,2,7-8H2,1H3,(H2,13,15)/t10-/m1/s1. The number of para-hydroxylation sites is 1. The van der Waals surface area contributed by atoms with Crippen LogP contribution in [-0.4, -0.2) is 17.6 Å². The van der Waals surface area contributed by atoms with Crippen molar-refractivity contribution in [1.29, 1.82) is 0 Å². The second kappa shape index (κ2) is 6.12. The summed E-state index contributed by atoms with van der Waals surface area (Å²) in [5, 5.41) is 9.75. The predicted octanol–water partition coefficient (Wildman–Crippen LogP) is 1.38. The minimum Gasteiger partial charge on any atom is -0.493 e. The third-order valence-corrected chi connectivity index (χ3v) is 2.27. The number of benzene rings is 1. The van der Waals surface area contributed by atoms with Crippen LogP contribution in [0.2, 0.25) is 0 Å². The molecule has 0 unspecified atom stereocenters. The Morgan fingerprint density at radius 1 is 1.50 bits per heavy atom. The van der Waals surface area contributed by atoms with E-state index in [2.05, 4.69) is 0 Å². The summed E-state index contributed by atoms with van der Waals surface area (Å²) < 4.78 is 5.41. The molecular weight excluding hydrogens is 206 g/mol. The Hall–Kier alpha value is -1.55.